The zero-order valence-electron chi connectivity index (χ0n) is 6.55. The Kier molecular flexibility index (Phi) is 2.74. The van der Waals surface area contributed by atoms with Gasteiger partial charge in [-0.1, -0.05) is 0 Å². The summed E-state index contributed by atoms with van der Waals surface area (Å²) < 4.78 is 26.0. The van der Waals surface area contributed by atoms with E-state index in [1.54, 1.807) is 6.92 Å². The zero-order valence-corrected chi connectivity index (χ0v) is 7.37. The standard InChI is InChI=1S/C7H9F2NOS/c1-5-10-4-6(12-5)7(8,9)2-3-11/h4,11H,2-3H2,1H3. The Morgan fingerprint density at radius 2 is 2.33 bits per heavy atom. The van der Waals surface area contributed by atoms with Gasteiger partial charge in [-0.15, -0.1) is 11.3 Å². The average Bonchev–Trinajstić information content (AvgIpc) is 2.36. The van der Waals surface area contributed by atoms with Crippen molar-refractivity contribution in [2.45, 2.75) is 19.3 Å². The highest BCUT2D eigenvalue weighted by Gasteiger charge is 2.32. The molecule has 0 radical (unpaired) electrons. The maximum atomic E-state index is 13.0. The fourth-order valence-corrected chi connectivity index (χ4v) is 1.57. The van der Waals surface area contributed by atoms with E-state index in [1.165, 1.54) is 0 Å². The van der Waals surface area contributed by atoms with E-state index in [1.807, 2.05) is 0 Å². The molecule has 0 fully saturated rings. The first-order chi connectivity index (χ1) is 5.56. The molecule has 1 aromatic rings. The minimum absolute atomic E-state index is 0.0750. The van der Waals surface area contributed by atoms with Crippen molar-refractivity contribution in [3.8, 4) is 0 Å². The third-order valence-electron chi connectivity index (χ3n) is 1.41. The molecule has 0 spiro atoms. The summed E-state index contributed by atoms with van der Waals surface area (Å²) in [5.74, 6) is -2.93. The first kappa shape index (κ1) is 9.54. The van der Waals surface area contributed by atoms with Crippen molar-refractivity contribution in [3.05, 3.63) is 16.1 Å². The van der Waals surface area contributed by atoms with Crippen LogP contribution in [0.15, 0.2) is 6.20 Å². The molecule has 1 aromatic heterocycles. The number of alkyl halides is 2. The summed E-state index contributed by atoms with van der Waals surface area (Å²) in [6.07, 6.45) is 0.629. The molecule has 68 valence electrons. The highest BCUT2D eigenvalue weighted by atomic mass is 32.1. The lowest BCUT2D eigenvalue weighted by atomic mass is 10.2. The number of aliphatic hydroxyl groups is 1. The van der Waals surface area contributed by atoms with Crippen LogP contribution in [0, 0.1) is 6.92 Å². The number of hydrogen-bond donors (Lipinski definition) is 1. The first-order valence-corrected chi connectivity index (χ1v) is 4.29. The van der Waals surface area contributed by atoms with E-state index in [9.17, 15) is 8.78 Å². The molecule has 0 aliphatic heterocycles. The number of nitrogens with zero attached hydrogens (tertiary/aromatic N) is 1. The highest BCUT2D eigenvalue weighted by molar-refractivity contribution is 7.11. The fourth-order valence-electron chi connectivity index (χ4n) is 0.794. The average molecular weight is 193 g/mol. The van der Waals surface area contributed by atoms with Crippen LogP contribution in [0.2, 0.25) is 0 Å². The van der Waals surface area contributed by atoms with Crippen LogP contribution in [-0.4, -0.2) is 16.7 Å². The Hall–Kier alpha value is -0.550. The molecule has 1 heterocycles. The van der Waals surface area contributed by atoms with Gasteiger partial charge >= 0.3 is 0 Å². The van der Waals surface area contributed by atoms with Crippen LogP contribution in [0.4, 0.5) is 8.78 Å². The van der Waals surface area contributed by atoms with Gasteiger partial charge in [-0.25, -0.2) is 13.8 Å². The summed E-state index contributed by atoms with van der Waals surface area (Å²) in [7, 11) is 0. The van der Waals surface area contributed by atoms with Gasteiger partial charge < -0.3 is 5.11 Å². The quantitative estimate of drug-likeness (QED) is 0.795. The molecule has 0 unspecified atom stereocenters. The van der Waals surface area contributed by atoms with E-state index in [-0.39, 0.29) is 4.88 Å². The van der Waals surface area contributed by atoms with Crippen LogP contribution in [0.5, 0.6) is 0 Å². The number of halogens is 2. The number of aliphatic hydroxyl groups excluding tert-OH is 1. The predicted octanol–water partition coefficient (Wildman–Crippen LogP) is 1.93. The molecule has 0 aliphatic carbocycles. The maximum absolute atomic E-state index is 13.0. The van der Waals surface area contributed by atoms with Crippen molar-refractivity contribution >= 4 is 11.3 Å². The second-order valence-corrected chi connectivity index (χ2v) is 3.66. The maximum Gasteiger partial charge on any atom is 0.285 e. The molecule has 0 aliphatic rings. The zero-order chi connectivity index (χ0) is 9.19. The molecule has 0 atom stereocenters. The van der Waals surface area contributed by atoms with Crippen LogP contribution in [0.3, 0.4) is 0 Å². The van der Waals surface area contributed by atoms with Gasteiger partial charge in [0.15, 0.2) is 0 Å². The smallest absolute Gasteiger partial charge is 0.285 e. The van der Waals surface area contributed by atoms with Crippen molar-refractivity contribution in [1.82, 2.24) is 4.98 Å². The number of aryl methyl sites for hydroxylation is 1. The van der Waals surface area contributed by atoms with Gasteiger partial charge in [-0.05, 0) is 6.92 Å². The van der Waals surface area contributed by atoms with Crippen molar-refractivity contribution in [3.63, 3.8) is 0 Å². The molecule has 0 amide bonds. The minimum atomic E-state index is -2.93. The van der Waals surface area contributed by atoms with Crippen molar-refractivity contribution in [2.75, 3.05) is 6.61 Å². The lowest BCUT2D eigenvalue weighted by Crippen LogP contribution is -2.13. The molecular formula is C7H9F2NOS. The summed E-state index contributed by atoms with van der Waals surface area (Å²) in [6, 6.07) is 0. The summed E-state index contributed by atoms with van der Waals surface area (Å²) in [5.41, 5.74) is 0. The first-order valence-electron chi connectivity index (χ1n) is 3.48. The van der Waals surface area contributed by atoms with Crippen LogP contribution in [0.25, 0.3) is 0 Å². The van der Waals surface area contributed by atoms with E-state index < -0.39 is 19.0 Å². The van der Waals surface area contributed by atoms with Gasteiger partial charge in [-0.2, -0.15) is 0 Å². The minimum Gasteiger partial charge on any atom is -0.396 e. The summed E-state index contributed by atoms with van der Waals surface area (Å²) in [5, 5.41) is 8.99. The molecule has 0 saturated heterocycles. The number of rotatable bonds is 3. The van der Waals surface area contributed by atoms with Gasteiger partial charge in [0.2, 0.25) is 0 Å². The third kappa shape index (κ3) is 1.98. The lowest BCUT2D eigenvalue weighted by Gasteiger charge is -2.11. The molecule has 0 bridgehead atoms. The van der Waals surface area contributed by atoms with Crippen molar-refractivity contribution < 1.29 is 13.9 Å². The predicted molar refractivity (Wildman–Crippen MR) is 42.4 cm³/mol. The molecular weight excluding hydrogens is 184 g/mol. The monoisotopic (exact) mass is 193 g/mol. The van der Waals surface area contributed by atoms with Crippen LogP contribution >= 0.6 is 11.3 Å². The Labute approximate surface area is 72.9 Å². The van der Waals surface area contributed by atoms with E-state index in [0.717, 1.165) is 17.5 Å². The largest absolute Gasteiger partial charge is 0.396 e. The molecule has 1 rings (SSSR count). The number of aromatic nitrogens is 1. The van der Waals surface area contributed by atoms with E-state index in [2.05, 4.69) is 4.98 Å². The van der Waals surface area contributed by atoms with E-state index >= 15 is 0 Å². The highest BCUT2D eigenvalue weighted by Crippen LogP contribution is 2.34. The van der Waals surface area contributed by atoms with Gasteiger partial charge in [0.05, 0.1) is 9.88 Å². The van der Waals surface area contributed by atoms with Crippen LogP contribution in [-0.2, 0) is 5.92 Å². The van der Waals surface area contributed by atoms with Crippen molar-refractivity contribution in [2.24, 2.45) is 0 Å². The molecule has 0 saturated carbocycles. The van der Waals surface area contributed by atoms with Crippen LogP contribution in [0.1, 0.15) is 16.3 Å². The fraction of sp³-hybridized carbons (Fsp3) is 0.571. The Morgan fingerprint density at radius 3 is 2.75 bits per heavy atom. The van der Waals surface area contributed by atoms with Gasteiger partial charge in [0.1, 0.15) is 0 Å². The van der Waals surface area contributed by atoms with Gasteiger partial charge in [-0.3, -0.25) is 0 Å². The molecule has 12 heavy (non-hydrogen) atoms. The summed E-state index contributed by atoms with van der Waals surface area (Å²) in [6.45, 7) is 1.16. The molecule has 1 N–H and O–H groups in total. The van der Waals surface area contributed by atoms with Crippen LogP contribution < -0.4 is 0 Å². The Bertz CT molecular complexity index is 262. The number of thiazole rings is 1. The second kappa shape index (κ2) is 3.45. The summed E-state index contributed by atoms with van der Waals surface area (Å²) >= 11 is 0.962. The Morgan fingerprint density at radius 1 is 1.67 bits per heavy atom. The normalized spacial score (nSPS) is 12.0. The van der Waals surface area contributed by atoms with Gasteiger partial charge in [0.25, 0.3) is 5.92 Å². The third-order valence-corrected chi connectivity index (χ3v) is 2.43. The van der Waals surface area contributed by atoms with E-state index in [0.29, 0.717) is 5.01 Å². The van der Waals surface area contributed by atoms with Crippen molar-refractivity contribution in [1.29, 1.82) is 0 Å². The van der Waals surface area contributed by atoms with Gasteiger partial charge in [0, 0.05) is 19.2 Å². The lowest BCUT2D eigenvalue weighted by molar-refractivity contribution is -0.0235. The number of hydrogen-bond acceptors (Lipinski definition) is 3. The molecule has 2 nitrogen and oxygen atoms in total. The van der Waals surface area contributed by atoms with E-state index in [4.69, 9.17) is 5.11 Å². The topological polar surface area (TPSA) is 33.1 Å². The molecule has 0 aromatic carbocycles. The molecule has 5 heteroatoms. The summed E-state index contributed by atoms with van der Waals surface area (Å²) in [4.78, 5) is 3.65. The SMILES string of the molecule is Cc1ncc(C(F)(F)CCO)s1. The Balaban J connectivity index is 2.81. The second-order valence-electron chi connectivity index (χ2n) is 2.42.